The molecule has 0 saturated carbocycles. The molecule has 6 heteroatoms. The SMILES string of the molecule is O=C1c2ccccc2C(=O)C1(Cc1ccc(S(=O)(=O)O)cc1)c1ccccc1. The summed E-state index contributed by atoms with van der Waals surface area (Å²) >= 11 is 0. The zero-order valence-electron chi connectivity index (χ0n) is 14.7. The number of fused-ring (bicyclic) bond motifs is 1. The van der Waals surface area contributed by atoms with Crippen LogP contribution in [-0.2, 0) is 22.0 Å². The monoisotopic (exact) mass is 392 g/mol. The minimum atomic E-state index is -4.31. The van der Waals surface area contributed by atoms with E-state index in [0.29, 0.717) is 22.3 Å². The van der Waals surface area contributed by atoms with Crippen molar-refractivity contribution in [3.05, 3.63) is 101 Å². The van der Waals surface area contributed by atoms with Crippen molar-refractivity contribution in [2.75, 3.05) is 0 Å². The van der Waals surface area contributed by atoms with E-state index >= 15 is 0 Å². The number of benzene rings is 3. The molecule has 0 spiro atoms. The first-order chi connectivity index (χ1) is 13.3. The van der Waals surface area contributed by atoms with Crippen LogP contribution < -0.4 is 0 Å². The van der Waals surface area contributed by atoms with Gasteiger partial charge in [0, 0.05) is 11.1 Å². The Hall–Kier alpha value is -3.09. The van der Waals surface area contributed by atoms with Crippen LogP contribution in [0, 0.1) is 0 Å². The highest BCUT2D eigenvalue weighted by atomic mass is 32.2. The van der Waals surface area contributed by atoms with Gasteiger partial charge in [0.25, 0.3) is 10.1 Å². The molecule has 0 saturated heterocycles. The van der Waals surface area contributed by atoms with Crippen molar-refractivity contribution in [2.24, 2.45) is 0 Å². The molecule has 0 bridgehead atoms. The highest BCUT2D eigenvalue weighted by Gasteiger charge is 2.53. The molecule has 0 amide bonds. The zero-order valence-corrected chi connectivity index (χ0v) is 15.5. The Balaban J connectivity index is 1.85. The van der Waals surface area contributed by atoms with Gasteiger partial charge in [-0.1, -0.05) is 66.7 Å². The van der Waals surface area contributed by atoms with Crippen molar-refractivity contribution >= 4 is 21.7 Å². The lowest BCUT2D eigenvalue weighted by molar-refractivity contribution is 0.0793. The maximum atomic E-state index is 13.4. The van der Waals surface area contributed by atoms with Gasteiger partial charge in [0.2, 0.25) is 0 Å². The number of carbonyl (C=O) groups excluding carboxylic acids is 2. The lowest BCUT2D eigenvalue weighted by atomic mass is 9.71. The first kappa shape index (κ1) is 18.3. The van der Waals surface area contributed by atoms with Gasteiger partial charge in [-0.05, 0) is 29.7 Å². The Labute approximate surface area is 162 Å². The van der Waals surface area contributed by atoms with Crippen molar-refractivity contribution in [1.82, 2.24) is 0 Å². The predicted molar refractivity (Wildman–Crippen MR) is 103 cm³/mol. The first-order valence-corrected chi connectivity index (χ1v) is 10.1. The van der Waals surface area contributed by atoms with Gasteiger partial charge in [-0.25, -0.2) is 0 Å². The maximum Gasteiger partial charge on any atom is 0.294 e. The number of carbonyl (C=O) groups is 2. The van der Waals surface area contributed by atoms with Crippen molar-refractivity contribution in [1.29, 1.82) is 0 Å². The second-order valence-electron chi connectivity index (χ2n) is 6.77. The van der Waals surface area contributed by atoms with Crippen molar-refractivity contribution in [3.8, 4) is 0 Å². The van der Waals surface area contributed by atoms with Crippen molar-refractivity contribution in [3.63, 3.8) is 0 Å². The summed E-state index contributed by atoms with van der Waals surface area (Å²) < 4.78 is 31.7. The van der Waals surface area contributed by atoms with Crippen LogP contribution in [0.5, 0.6) is 0 Å². The number of Topliss-reactive ketones (excluding diaryl/α,β-unsaturated/α-hetero) is 2. The third-order valence-electron chi connectivity index (χ3n) is 5.15. The molecule has 0 atom stereocenters. The third kappa shape index (κ3) is 2.78. The van der Waals surface area contributed by atoms with E-state index in [-0.39, 0.29) is 22.9 Å². The summed E-state index contributed by atoms with van der Waals surface area (Å²) in [4.78, 5) is 26.6. The maximum absolute atomic E-state index is 13.4. The van der Waals surface area contributed by atoms with E-state index in [1.807, 2.05) is 6.07 Å². The van der Waals surface area contributed by atoms with Crippen LogP contribution in [0.15, 0.2) is 83.8 Å². The molecule has 1 N–H and O–H groups in total. The van der Waals surface area contributed by atoms with Gasteiger partial charge in [-0.3, -0.25) is 14.1 Å². The summed E-state index contributed by atoms with van der Waals surface area (Å²) in [5.74, 6) is -0.531. The lowest BCUT2D eigenvalue weighted by Crippen LogP contribution is -2.40. The van der Waals surface area contributed by atoms with Gasteiger partial charge in [0.05, 0.1) is 4.90 Å². The second kappa shape index (κ2) is 6.51. The molecule has 1 aliphatic carbocycles. The first-order valence-electron chi connectivity index (χ1n) is 8.64. The van der Waals surface area contributed by atoms with Crippen LogP contribution >= 0.6 is 0 Å². The molecular weight excluding hydrogens is 376 g/mol. The quantitative estimate of drug-likeness (QED) is 0.542. The molecule has 1 aliphatic rings. The second-order valence-corrected chi connectivity index (χ2v) is 8.19. The average Bonchev–Trinajstić information content (AvgIpc) is 2.91. The molecule has 0 fully saturated rings. The normalized spacial score (nSPS) is 15.5. The summed E-state index contributed by atoms with van der Waals surface area (Å²) in [6.45, 7) is 0. The van der Waals surface area contributed by atoms with E-state index in [4.69, 9.17) is 4.55 Å². The van der Waals surface area contributed by atoms with Crippen molar-refractivity contribution in [2.45, 2.75) is 16.7 Å². The molecule has 0 aromatic heterocycles. The third-order valence-corrected chi connectivity index (χ3v) is 6.02. The molecule has 0 heterocycles. The zero-order chi connectivity index (χ0) is 19.9. The molecule has 140 valence electrons. The number of rotatable bonds is 4. The fourth-order valence-electron chi connectivity index (χ4n) is 3.77. The minimum absolute atomic E-state index is 0.0924. The largest absolute Gasteiger partial charge is 0.294 e. The van der Waals surface area contributed by atoms with E-state index in [9.17, 15) is 18.0 Å². The molecule has 5 nitrogen and oxygen atoms in total. The molecule has 3 aromatic rings. The molecule has 0 radical (unpaired) electrons. The summed E-state index contributed by atoms with van der Waals surface area (Å²) in [5.41, 5.74) is 0.604. The Kier molecular flexibility index (Phi) is 4.25. The summed E-state index contributed by atoms with van der Waals surface area (Å²) in [7, 11) is -4.31. The summed E-state index contributed by atoms with van der Waals surface area (Å²) in [6, 6.07) is 21.2. The minimum Gasteiger partial charge on any atom is -0.293 e. The van der Waals surface area contributed by atoms with E-state index in [0.717, 1.165) is 0 Å². The van der Waals surface area contributed by atoms with Gasteiger partial charge < -0.3 is 0 Å². The van der Waals surface area contributed by atoms with Crippen LogP contribution in [0.1, 0.15) is 31.8 Å². The Bertz CT molecular complexity index is 1140. The Morgan fingerprint density at radius 2 is 1.21 bits per heavy atom. The highest BCUT2D eigenvalue weighted by molar-refractivity contribution is 7.85. The van der Waals surface area contributed by atoms with E-state index < -0.39 is 15.5 Å². The molecule has 3 aromatic carbocycles. The van der Waals surface area contributed by atoms with Crippen LogP contribution in [0.4, 0.5) is 0 Å². The van der Waals surface area contributed by atoms with E-state index in [2.05, 4.69) is 0 Å². The average molecular weight is 392 g/mol. The van der Waals surface area contributed by atoms with Crippen LogP contribution in [0.2, 0.25) is 0 Å². The topological polar surface area (TPSA) is 88.5 Å². The number of ketones is 2. The van der Waals surface area contributed by atoms with E-state index in [1.165, 1.54) is 24.3 Å². The summed E-state index contributed by atoms with van der Waals surface area (Å²) in [5, 5.41) is 0. The van der Waals surface area contributed by atoms with Crippen LogP contribution in [-0.4, -0.2) is 24.5 Å². The molecule has 28 heavy (non-hydrogen) atoms. The standard InChI is InChI=1S/C22H16O5S/c23-20-18-8-4-5-9-19(18)21(24)22(20,16-6-2-1-3-7-16)14-15-10-12-17(13-11-15)28(25,26)27/h1-13H,14H2,(H,25,26,27). The van der Waals surface area contributed by atoms with Crippen LogP contribution in [0.25, 0.3) is 0 Å². The van der Waals surface area contributed by atoms with Gasteiger partial charge in [-0.15, -0.1) is 0 Å². The molecule has 0 unspecified atom stereocenters. The lowest BCUT2D eigenvalue weighted by Gasteiger charge is -2.27. The Morgan fingerprint density at radius 3 is 1.71 bits per heavy atom. The molecule has 0 aliphatic heterocycles. The van der Waals surface area contributed by atoms with Crippen LogP contribution in [0.3, 0.4) is 0 Å². The van der Waals surface area contributed by atoms with Gasteiger partial charge in [0.15, 0.2) is 11.6 Å². The fourth-order valence-corrected chi connectivity index (χ4v) is 4.25. The highest BCUT2D eigenvalue weighted by Crippen LogP contribution is 2.42. The Morgan fingerprint density at radius 1 is 0.714 bits per heavy atom. The molecule has 4 rings (SSSR count). The predicted octanol–water partition coefficient (Wildman–Crippen LogP) is 3.49. The number of hydrogen-bond acceptors (Lipinski definition) is 4. The fraction of sp³-hybridized carbons (Fsp3) is 0.0909. The van der Waals surface area contributed by atoms with Crippen molar-refractivity contribution < 1.29 is 22.6 Å². The van der Waals surface area contributed by atoms with E-state index in [1.54, 1.807) is 48.5 Å². The van der Waals surface area contributed by atoms with Gasteiger partial charge in [0.1, 0.15) is 5.41 Å². The number of hydrogen-bond donors (Lipinski definition) is 1. The van der Waals surface area contributed by atoms with Gasteiger partial charge in [-0.2, -0.15) is 8.42 Å². The summed E-state index contributed by atoms with van der Waals surface area (Å²) in [6.07, 6.45) is 0.0924. The molecular formula is C22H16O5S. The van der Waals surface area contributed by atoms with Gasteiger partial charge >= 0.3 is 0 Å². The smallest absolute Gasteiger partial charge is 0.293 e.